The number of aryl methyl sites for hydroxylation is 2. The molecule has 1 aromatic carbocycles. The number of hydrogen-bond acceptors (Lipinski definition) is 4. The van der Waals surface area contributed by atoms with Crippen LogP contribution in [0.4, 0.5) is 0 Å². The lowest BCUT2D eigenvalue weighted by atomic mass is 9.99. The Labute approximate surface area is 124 Å². The highest BCUT2D eigenvalue weighted by Crippen LogP contribution is 2.30. The summed E-state index contributed by atoms with van der Waals surface area (Å²) in [7, 11) is 1.55. The lowest BCUT2D eigenvalue weighted by molar-refractivity contribution is -0.000308. The maximum Gasteiger partial charge on any atom is 0.261 e. The quantitative estimate of drug-likeness (QED) is 0.838. The third-order valence-electron chi connectivity index (χ3n) is 3.88. The highest BCUT2D eigenvalue weighted by Gasteiger charge is 2.40. The zero-order chi connectivity index (χ0) is 15.8. The van der Waals surface area contributed by atoms with Gasteiger partial charge in [-0.3, -0.25) is 14.5 Å². The van der Waals surface area contributed by atoms with Gasteiger partial charge in [0.15, 0.2) is 0 Å². The Morgan fingerprint density at radius 3 is 2.05 bits per heavy atom. The Hall–Kier alpha value is -1.72. The molecule has 0 fully saturated rings. The predicted octanol–water partition coefficient (Wildman–Crippen LogP) is 1.69. The molecule has 0 saturated heterocycles. The Bertz CT molecular complexity index is 551. The van der Waals surface area contributed by atoms with Crippen LogP contribution in [0.15, 0.2) is 12.1 Å². The maximum atomic E-state index is 12.5. The van der Waals surface area contributed by atoms with Crippen LogP contribution in [-0.2, 0) is 4.74 Å². The second kappa shape index (κ2) is 5.58. The van der Waals surface area contributed by atoms with Gasteiger partial charge in [-0.15, -0.1) is 0 Å². The fourth-order valence-electron chi connectivity index (χ4n) is 2.61. The first-order valence-electron chi connectivity index (χ1n) is 6.96. The summed E-state index contributed by atoms with van der Waals surface area (Å²) in [5.74, 6) is -0.650. The zero-order valence-corrected chi connectivity index (χ0v) is 12.9. The van der Waals surface area contributed by atoms with E-state index in [0.717, 1.165) is 16.0 Å². The number of rotatable bonds is 5. The highest BCUT2D eigenvalue weighted by atomic mass is 16.5. The molecule has 1 N–H and O–H groups in total. The molecule has 2 rings (SSSR count). The van der Waals surface area contributed by atoms with Gasteiger partial charge in [0.2, 0.25) is 0 Å². The number of carbonyl (C=O) groups excluding carboxylic acids is 2. The van der Waals surface area contributed by atoms with Crippen molar-refractivity contribution in [1.82, 2.24) is 4.90 Å². The van der Waals surface area contributed by atoms with Gasteiger partial charge in [-0.1, -0.05) is 12.1 Å². The van der Waals surface area contributed by atoms with Gasteiger partial charge in [-0.05, 0) is 31.9 Å². The van der Waals surface area contributed by atoms with Gasteiger partial charge < -0.3 is 9.84 Å². The molecule has 1 aliphatic heterocycles. The molecular formula is C16H21NO4. The minimum atomic E-state index is -1.16. The largest absolute Gasteiger partial charge is 0.388 e. The third-order valence-corrected chi connectivity index (χ3v) is 3.88. The van der Waals surface area contributed by atoms with E-state index in [1.807, 2.05) is 26.0 Å². The summed E-state index contributed by atoms with van der Waals surface area (Å²) >= 11 is 0. The number of nitrogens with zero attached hydrogens (tertiary/aromatic N) is 1. The summed E-state index contributed by atoms with van der Waals surface area (Å²) in [6, 6.07) is 3.68. The van der Waals surface area contributed by atoms with Gasteiger partial charge in [0, 0.05) is 20.1 Å². The predicted molar refractivity (Wildman–Crippen MR) is 78.4 cm³/mol. The first kappa shape index (κ1) is 15.7. The second-order valence-corrected chi connectivity index (χ2v) is 5.89. The fourth-order valence-corrected chi connectivity index (χ4v) is 2.61. The van der Waals surface area contributed by atoms with Gasteiger partial charge in [0.25, 0.3) is 11.8 Å². The van der Waals surface area contributed by atoms with E-state index in [1.165, 1.54) is 0 Å². The van der Waals surface area contributed by atoms with Crippen molar-refractivity contribution in [2.24, 2.45) is 0 Å². The summed E-state index contributed by atoms with van der Waals surface area (Å²) in [6.07, 6.45) is 0.356. The third kappa shape index (κ3) is 2.84. The summed E-state index contributed by atoms with van der Waals surface area (Å²) in [6.45, 7) is 5.58. The summed E-state index contributed by atoms with van der Waals surface area (Å²) in [5, 5.41) is 10.3. The zero-order valence-electron chi connectivity index (χ0n) is 12.9. The topological polar surface area (TPSA) is 66.8 Å². The number of benzene rings is 1. The minimum Gasteiger partial charge on any atom is -0.388 e. The standard InChI is InChI=1S/C16H21NO4/c1-10-5-6-11(2)13-12(10)14(18)17(15(13)19)9-16(3,20)7-8-21-4/h5-6,20H,7-9H2,1-4H3. The number of hydrogen-bond donors (Lipinski definition) is 1. The average Bonchev–Trinajstić information content (AvgIpc) is 2.66. The molecule has 1 aromatic rings. The minimum absolute atomic E-state index is 0.0262. The molecule has 1 unspecified atom stereocenters. The lowest BCUT2D eigenvalue weighted by Gasteiger charge is -2.27. The van der Waals surface area contributed by atoms with Crippen LogP contribution in [0.3, 0.4) is 0 Å². The van der Waals surface area contributed by atoms with Crippen LogP contribution in [0.1, 0.15) is 45.2 Å². The molecule has 1 atom stereocenters. The van der Waals surface area contributed by atoms with Crippen LogP contribution in [0.5, 0.6) is 0 Å². The van der Waals surface area contributed by atoms with Crippen molar-refractivity contribution in [3.8, 4) is 0 Å². The molecule has 0 aromatic heterocycles. The molecule has 0 bridgehead atoms. The Morgan fingerprint density at radius 1 is 1.14 bits per heavy atom. The van der Waals surface area contributed by atoms with E-state index in [0.29, 0.717) is 24.2 Å². The fraction of sp³-hybridized carbons (Fsp3) is 0.500. The molecule has 1 heterocycles. The van der Waals surface area contributed by atoms with Crippen LogP contribution >= 0.6 is 0 Å². The van der Waals surface area contributed by atoms with Gasteiger partial charge >= 0.3 is 0 Å². The molecular weight excluding hydrogens is 270 g/mol. The number of β-amino-alcohol motifs (C(OH)–C–C–N with tert-alkyl or cyclic N) is 1. The smallest absolute Gasteiger partial charge is 0.261 e. The first-order valence-corrected chi connectivity index (χ1v) is 6.96. The van der Waals surface area contributed by atoms with Crippen molar-refractivity contribution in [3.63, 3.8) is 0 Å². The number of imide groups is 1. The van der Waals surface area contributed by atoms with E-state index >= 15 is 0 Å². The Balaban J connectivity index is 2.30. The van der Waals surface area contributed by atoms with Crippen molar-refractivity contribution in [2.45, 2.75) is 32.8 Å². The first-order chi connectivity index (χ1) is 9.78. The second-order valence-electron chi connectivity index (χ2n) is 5.89. The SMILES string of the molecule is COCCC(C)(O)CN1C(=O)c2c(C)ccc(C)c2C1=O. The van der Waals surface area contributed by atoms with Gasteiger partial charge in [0.1, 0.15) is 0 Å². The molecule has 1 aliphatic rings. The molecule has 2 amide bonds. The molecule has 5 heteroatoms. The van der Waals surface area contributed by atoms with Crippen molar-refractivity contribution in [1.29, 1.82) is 0 Å². The summed E-state index contributed by atoms with van der Waals surface area (Å²) in [5.41, 5.74) is 1.33. The van der Waals surface area contributed by atoms with E-state index in [9.17, 15) is 14.7 Å². The van der Waals surface area contributed by atoms with E-state index in [-0.39, 0.29) is 18.4 Å². The number of carbonyl (C=O) groups is 2. The van der Waals surface area contributed by atoms with E-state index in [2.05, 4.69) is 0 Å². The monoisotopic (exact) mass is 291 g/mol. The van der Waals surface area contributed by atoms with Crippen LogP contribution in [0.25, 0.3) is 0 Å². The van der Waals surface area contributed by atoms with Gasteiger partial charge in [0.05, 0.1) is 23.3 Å². The molecule has 5 nitrogen and oxygen atoms in total. The van der Waals surface area contributed by atoms with E-state index in [1.54, 1.807) is 14.0 Å². The Kier molecular flexibility index (Phi) is 4.16. The van der Waals surface area contributed by atoms with Crippen molar-refractivity contribution >= 4 is 11.8 Å². The van der Waals surface area contributed by atoms with Crippen LogP contribution < -0.4 is 0 Å². The highest BCUT2D eigenvalue weighted by molar-refractivity contribution is 6.22. The molecule has 0 radical (unpaired) electrons. The number of fused-ring (bicyclic) bond motifs is 1. The molecule has 21 heavy (non-hydrogen) atoms. The van der Waals surface area contributed by atoms with E-state index < -0.39 is 5.60 Å². The Morgan fingerprint density at radius 2 is 1.62 bits per heavy atom. The van der Waals surface area contributed by atoms with Gasteiger partial charge in [-0.25, -0.2) is 0 Å². The lowest BCUT2D eigenvalue weighted by Crippen LogP contribution is -2.44. The average molecular weight is 291 g/mol. The number of aliphatic hydroxyl groups is 1. The number of ether oxygens (including phenoxy) is 1. The number of methoxy groups -OCH3 is 1. The van der Waals surface area contributed by atoms with Crippen molar-refractivity contribution in [2.75, 3.05) is 20.3 Å². The molecule has 114 valence electrons. The number of amides is 2. The molecule has 0 spiro atoms. The van der Waals surface area contributed by atoms with Crippen LogP contribution in [0.2, 0.25) is 0 Å². The van der Waals surface area contributed by atoms with Gasteiger partial charge in [-0.2, -0.15) is 0 Å². The van der Waals surface area contributed by atoms with Crippen LogP contribution in [0, 0.1) is 13.8 Å². The summed E-state index contributed by atoms with van der Waals surface area (Å²) in [4.78, 5) is 26.1. The van der Waals surface area contributed by atoms with Crippen LogP contribution in [-0.4, -0.2) is 47.7 Å². The van der Waals surface area contributed by atoms with E-state index in [4.69, 9.17) is 4.74 Å². The molecule has 0 aliphatic carbocycles. The maximum absolute atomic E-state index is 12.5. The molecule has 0 saturated carbocycles. The van der Waals surface area contributed by atoms with Crippen molar-refractivity contribution in [3.05, 3.63) is 34.4 Å². The normalized spacial score (nSPS) is 17.1. The van der Waals surface area contributed by atoms with Crippen molar-refractivity contribution < 1.29 is 19.4 Å². The summed E-state index contributed by atoms with van der Waals surface area (Å²) < 4.78 is 4.95.